The SMILES string of the molecule is C[C@@H]1CNCCN1c1cncc(-c2ncnc3c2[C@H](C(F)(F)F)CC(=O)N3)n1. The summed E-state index contributed by atoms with van der Waals surface area (Å²) >= 11 is 0. The summed E-state index contributed by atoms with van der Waals surface area (Å²) in [5, 5.41) is 5.67. The Labute approximate surface area is 158 Å². The number of alkyl halides is 3. The minimum atomic E-state index is -4.61. The Kier molecular flexibility index (Phi) is 4.61. The number of amides is 1. The number of rotatable bonds is 2. The van der Waals surface area contributed by atoms with Gasteiger partial charge in [-0.1, -0.05) is 0 Å². The average Bonchev–Trinajstić information content (AvgIpc) is 2.66. The first kappa shape index (κ1) is 18.5. The van der Waals surface area contributed by atoms with Crippen LogP contribution in [0.3, 0.4) is 0 Å². The second-order valence-electron chi connectivity index (χ2n) is 6.84. The molecule has 2 aromatic heterocycles. The van der Waals surface area contributed by atoms with Gasteiger partial charge in [-0.05, 0) is 6.92 Å². The molecule has 11 heteroatoms. The number of carbonyl (C=O) groups excluding carboxylic acids is 1. The quantitative estimate of drug-likeness (QED) is 0.802. The van der Waals surface area contributed by atoms with E-state index in [0.717, 1.165) is 19.4 Å². The van der Waals surface area contributed by atoms with Gasteiger partial charge in [0.1, 0.15) is 23.7 Å². The molecule has 148 valence electrons. The van der Waals surface area contributed by atoms with Crippen LogP contribution < -0.4 is 15.5 Å². The van der Waals surface area contributed by atoms with E-state index in [1.807, 2.05) is 11.8 Å². The van der Waals surface area contributed by atoms with Crippen LogP contribution in [0.25, 0.3) is 11.4 Å². The van der Waals surface area contributed by atoms with Crippen LogP contribution in [0.4, 0.5) is 24.8 Å². The molecule has 1 fully saturated rings. The Balaban J connectivity index is 1.80. The van der Waals surface area contributed by atoms with Gasteiger partial charge in [-0.25, -0.2) is 15.0 Å². The van der Waals surface area contributed by atoms with Crippen molar-refractivity contribution in [1.82, 2.24) is 25.3 Å². The lowest BCUT2D eigenvalue weighted by atomic mass is 9.90. The lowest BCUT2D eigenvalue weighted by Crippen LogP contribution is -2.50. The van der Waals surface area contributed by atoms with Gasteiger partial charge in [-0.15, -0.1) is 0 Å². The largest absolute Gasteiger partial charge is 0.396 e. The van der Waals surface area contributed by atoms with Crippen molar-refractivity contribution in [3.05, 3.63) is 24.3 Å². The Bertz CT molecular complexity index is 905. The number of nitrogens with zero attached hydrogens (tertiary/aromatic N) is 5. The molecule has 2 aliphatic heterocycles. The summed E-state index contributed by atoms with van der Waals surface area (Å²) in [5.41, 5.74) is 0.0751. The first-order valence-corrected chi connectivity index (χ1v) is 8.86. The molecule has 2 atom stereocenters. The van der Waals surface area contributed by atoms with Crippen molar-refractivity contribution in [3.8, 4) is 11.4 Å². The average molecular weight is 393 g/mol. The van der Waals surface area contributed by atoms with Crippen LogP contribution >= 0.6 is 0 Å². The number of anilines is 2. The molecule has 4 rings (SSSR count). The topological polar surface area (TPSA) is 95.9 Å². The van der Waals surface area contributed by atoms with Crippen LogP contribution in [0.2, 0.25) is 0 Å². The fraction of sp³-hybridized carbons (Fsp3) is 0.471. The van der Waals surface area contributed by atoms with E-state index >= 15 is 0 Å². The molecule has 2 aliphatic rings. The third-order valence-electron chi connectivity index (χ3n) is 4.93. The highest BCUT2D eigenvalue weighted by molar-refractivity contribution is 5.95. The molecule has 1 saturated heterocycles. The highest BCUT2D eigenvalue weighted by atomic mass is 19.4. The summed E-state index contributed by atoms with van der Waals surface area (Å²) in [6.45, 7) is 4.29. The fourth-order valence-corrected chi connectivity index (χ4v) is 3.57. The molecule has 8 nitrogen and oxygen atoms in total. The minimum absolute atomic E-state index is 0.0319. The lowest BCUT2D eigenvalue weighted by Gasteiger charge is -2.34. The second kappa shape index (κ2) is 6.97. The molecule has 0 unspecified atom stereocenters. The van der Waals surface area contributed by atoms with E-state index in [2.05, 4.69) is 30.6 Å². The van der Waals surface area contributed by atoms with Crippen molar-refractivity contribution in [3.63, 3.8) is 0 Å². The summed E-state index contributed by atoms with van der Waals surface area (Å²) in [6.07, 6.45) is -1.23. The first-order valence-electron chi connectivity index (χ1n) is 8.86. The number of piperazine rings is 1. The van der Waals surface area contributed by atoms with Crippen LogP contribution in [-0.2, 0) is 4.79 Å². The minimum Gasteiger partial charge on any atom is -0.350 e. The molecule has 28 heavy (non-hydrogen) atoms. The summed E-state index contributed by atoms with van der Waals surface area (Å²) in [5.74, 6) is -2.28. The highest BCUT2D eigenvalue weighted by Gasteiger charge is 2.47. The van der Waals surface area contributed by atoms with E-state index in [-0.39, 0.29) is 28.8 Å². The van der Waals surface area contributed by atoms with E-state index in [4.69, 9.17) is 0 Å². The first-order chi connectivity index (χ1) is 13.3. The van der Waals surface area contributed by atoms with Gasteiger partial charge >= 0.3 is 6.18 Å². The number of carbonyl (C=O) groups is 1. The Morgan fingerprint density at radius 1 is 1.25 bits per heavy atom. The van der Waals surface area contributed by atoms with Gasteiger partial charge in [-0.3, -0.25) is 9.78 Å². The van der Waals surface area contributed by atoms with E-state index in [1.54, 1.807) is 6.20 Å². The molecule has 1 amide bonds. The van der Waals surface area contributed by atoms with E-state index in [0.29, 0.717) is 12.4 Å². The summed E-state index contributed by atoms with van der Waals surface area (Å²) in [7, 11) is 0. The van der Waals surface area contributed by atoms with Gasteiger partial charge in [0.15, 0.2) is 0 Å². The molecule has 0 aliphatic carbocycles. The maximum Gasteiger partial charge on any atom is 0.396 e. The Hall–Kier alpha value is -2.82. The van der Waals surface area contributed by atoms with Crippen LogP contribution in [0, 0.1) is 0 Å². The molecule has 2 N–H and O–H groups in total. The third kappa shape index (κ3) is 3.37. The van der Waals surface area contributed by atoms with E-state index < -0.39 is 24.4 Å². The molecular weight excluding hydrogens is 375 g/mol. The zero-order valence-corrected chi connectivity index (χ0v) is 15.0. The van der Waals surface area contributed by atoms with Gasteiger partial charge in [-0.2, -0.15) is 13.2 Å². The van der Waals surface area contributed by atoms with Gasteiger partial charge in [0.05, 0.1) is 24.0 Å². The normalized spacial score (nSPS) is 22.6. The van der Waals surface area contributed by atoms with Crippen LogP contribution in [0.1, 0.15) is 24.8 Å². The van der Waals surface area contributed by atoms with Gasteiger partial charge in [0.25, 0.3) is 0 Å². The maximum atomic E-state index is 13.6. The predicted molar refractivity (Wildman–Crippen MR) is 94.8 cm³/mol. The second-order valence-corrected chi connectivity index (χ2v) is 6.84. The van der Waals surface area contributed by atoms with Crippen molar-refractivity contribution in [2.75, 3.05) is 29.9 Å². The summed E-state index contributed by atoms with van der Waals surface area (Å²) in [6, 6.07) is 0.167. The predicted octanol–water partition coefficient (Wildman–Crippen LogP) is 1.72. The number of halogens is 3. The third-order valence-corrected chi connectivity index (χ3v) is 4.93. The maximum absolute atomic E-state index is 13.6. The number of aromatic nitrogens is 4. The molecule has 0 bridgehead atoms. The smallest absolute Gasteiger partial charge is 0.350 e. The van der Waals surface area contributed by atoms with Crippen molar-refractivity contribution >= 4 is 17.5 Å². The van der Waals surface area contributed by atoms with Crippen molar-refractivity contribution < 1.29 is 18.0 Å². The molecule has 2 aromatic rings. The van der Waals surface area contributed by atoms with Crippen molar-refractivity contribution in [2.45, 2.75) is 31.5 Å². The van der Waals surface area contributed by atoms with E-state index in [1.165, 1.54) is 6.20 Å². The molecule has 4 heterocycles. The van der Waals surface area contributed by atoms with Crippen molar-refractivity contribution in [2.24, 2.45) is 0 Å². The number of fused-ring (bicyclic) bond motifs is 1. The van der Waals surface area contributed by atoms with Gasteiger partial charge < -0.3 is 15.5 Å². The monoisotopic (exact) mass is 393 g/mol. The van der Waals surface area contributed by atoms with Crippen LogP contribution in [0.15, 0.2) is 18.7 Å². The zero-order chi connectivity index (χ0) is 19.9. The van der Waals surface area contributed by atoms with E-state index in [9.17, 15) is 18.0 Å². The number of nitrogens with one attached hydrogen (secondary N) is 2. The lowest BCUT2D eigenvalue weighted by molar-refractivity contribution is -0.156. The molecular formula is C17H18F3N7O. The van der Waals surface area contributed by atoms with Gasteiger partial charge in [0, 0.05) is 37.7 Å². The van der Waals surface area contributed by atoms with Crippen LogP contribution in [-0.4, -0.2) is 57.7 Å². The fourth-order valence-electron chi connectivity index (χ4n) is 3.57. The van der Waals surface area contributed by atoms with Crippen LogP contribution in [0.5, 0.6) is 0 Å². The van der Waals surface area contributed by atoms with Gasteiger partial charge in [0.2, 0.25) is 5.91 Å². The standard InChI is InChI=1S/C17H18F3N7O/c1-9-5-21-2-3-27(9)12-7-22-6-11(25-12)15-14-10(17(18,19)20)4-13(28)26-16(14)24-8-23-15/h6-10,21H,2-5H2,1H3,(H,23,24,26,28)/t9-,10-/m1/s1. The highest BCUT2D eigenvalue weighted by Crippen LogP contribution is 2.45. The molecule has 0 radical (unpaired) electrons. The Morgan fingerprint density at radius 2 is 2.07 bits per heavy atom. The number of hydrogen-bond donors (Lipinski definition) is 2. The summed E-state index contributed by atoms with van der Waals surface area (Å²) in [4.78, 5) is 30.3. The molecule has 0 saturated carbocycles. The number of hydrogen-bond acceptors (Lipinski definition) is 7. The molecule has 0 aromatic carbocycles. The Morgan fingerprint density at radius 3 is 2.82 bits per heavy atom. The zero-order valence-electron chi connectivity index (χ0n) is 15.0. The van der Waals surface area contributed by atoms with Crippen molar-refractivity contribution in [1.29, 1.82) is 0 Å². The summed E-state index contributed by atoms with van der Waals surface area (Å²) < 4.78 is 40.9. The molecule has 0 spiro atoms.